The van der Waals surface area contributed by atoms with Crippen molar-refractivity contribution in [3.63, 3.8) is 0 Å². The zero-order chi connectivity index (χ0) is 15.1. The molecule has 2 unspecified atom stereocenters. The van der Waals surface area contributed by atoms with Crippen LogP contribution in [0.5, 0.6) is 0 Å². The molecule has 2 rings (SSSR count). The lowest BCUT2D eigenvalue weighted by atomic mass is 9.87. The van der Waals surface area contributed by atoms with E-state index in [9.17, 15) is 4.79 Å². The quantitative estimate of drug-likeness (QED) is 0.837. The van der Waals surface area contributed by atoms with Gasteiger partial charge in [0.2, 0.25) is 0 Å². The van der Waals surface area contributed by atoms with Gasteiger partial charge in [-0.3, -0.25) is 4.79 Å². The number of carbonyl (C=O) groups is 1. The Labute approximate surface area is 126 Å². The fourth-order valence-corrected chi connectivity index (χ4v) is 2.65. The topological polar surface area (TPSA) is 62.2 Å². The van der Waals surface area contributed by atoms with Gasteiger partial charge in [0, 0.05) is 24.2 Å². The van der Waals surface area contributed by atoms with E-state index >= 15 is 0 Å². The first-order valence-electron chi connectivity index (χ1n) is 7.55. The van der Waals surface area contributed by atoms with Crippen molar-refractivity contribution < 1.29 is 9.90 Å². The van der Waals surface area contributed by atoms with E-state index in [-0.39, 0.29) is 18.6 Å². The van der Waals surface area contributed by atoms with Crippen LogP contribution in [-0.2, 0) is 0 Å². The Morgan fingerprint density at radius 1 is 1.48 bits per heavy atom. The number of hydrogen-bond acceptors (Lipinski definition) is 3. The van der Waals surface area contributed by atoms with Crippen molar-refractivity contribution in [3.05, 3.63) is 29.6 Å². The molecule has 0 spiro atoms. The summed E-state index contributed by atoms with van der Waals surface area (Å²) in [6.07, 6.45) is 6.59. The minimum atomic E-state index is -0.107. The second kappa shape index (κ2) is 7.80. The predicted molar refractivity (Wildman–Crippen MR) is 81.7 cm³/mol. The summed E-state index contributed by atoms with van der Waals surface area (Å²) in [5, 5.41) is 11.7. The third-order valence-electron chi connectivity index (χ3n) is 3.74. The SMILES string of the molecule is CC1CCCC(NC(=O)c2ccc(C#CCCO)cn2)C1. The fourth-order valence-electron chi connectivity index (χ4n) is 2.65. The molecule has 21 heavy (non-hydrogen) atoms. The summed E-state index contributed by atoms with van der Waals surface area (Å²) in [5.41, 5.74) is 1.19. The van der Waals surface area contributed by atoms with Crippen molar-refractivity contribution in [2.75, 3.05) is 6.61 Å². The highest BCUT2D eigenvalue weighted by Gasteiger charge is 2.21. The van der Waals surface area contributed by atoms with Gasteiger partial charge in [-0.05, 0) is 30.9 Å². The van der Waals surface area contributed by atoms with Crippen LogP contribution in [0.2, 0.25) is 0 Å². The monoisotopic (exact) mass is 286 g/mol. The van der Waals surface area contributed by atoms with E-state index < -0.39 is 0 Å². The Morgan fingerprint density at radius 2 is 2.33 bits per heavy atom. The zero-order valence-corrected chi connectivity index (χ0v) is 12.4. The van der Waals surface area contributed by atoms with E-state index in [1.807, 2.05) is 0 Å². The molecule has 0 aromatic carbocycles. The predicted octanol–water partition coefficient (Wildman–Crippen LogP) is 2.12. The van der Waals surface area contributed by atoms with Crippen LogP contribution < -0.4 is 5.32 Å². The zero-order valence-electron chi connectivity index (χ0n) is 12.4. The molecule has 1 fully saturated rings. The number of aromatic nitrogens is 1. The van der Waals surface area contributed by atoms with E-state index in [4.69, 9.17) is 5.11 Å². The van der Waals surface area contributed by atoms with E-state index in [2.05, 4.69) is 29.1 Å². The maximum absolute atomic E-state index is 12.1. The minimum Gasteiger partial charge on any atom is -0.395 e. The molecular formula is C17H22N2O2. The first kappa shape index (κ1) is 15.5. The van der Waals surface area contributed by atoms with E-state index in [0.29, 0.717) is 18.0 Å². The second-order valence-electron chi connectivity index (χ2n) is 5.65. The first-order chi connectivity index (χ1) is 10.2. The summed E-state index contributed by atoms with van der Waals surface area (Å²) in [6, 6.07) is 3.76. The van der Waals surface area contributed by atoms with Crippen LogP contribution in [0.25, 0.3) is 0 Å². The number of hydrogen-bond donors (Lipinski definition) is 2. The Hall–Kier alpha value is -1.86. The summed E-state index contributed by atoms with van der Waals surface area (Å²) in [6.45, 7) is 2.29. The maximum atomic E-state index is 12.1. The number of carbonyl (C=O) groups excluding carboxylic acids is 1. The van der Waals surface area contributed by atoms with Crippen LogP contribution >= 0.6 is 0 Å². The summed E-state index contributed by atoms with van der Waals surface area (Å²) >= 11 is 0. The number of rotatable bonds is 3. The number of amides is 1. The molecule has 0 bridgehead atoms. The van der Waals surface area contributed by atoms with Crippen LogP contribution in [0.3, 0.4) is 0 Å². The summed E-state index contributed by atoms with van der Waals surface area (Å²) < 4.78 is 0. The molecule has 2 N–H and O–H groups in total. The number of pyridine rings is 1. The summed E-state index contributed by atoms with van der Waals surface area (Å²) in [5.74, 6) is 6.30. The van der Waals surface area contributed by atoms with Gasteiger partial charge >= 0.3 is 0 Å². The van der Waals surface area contributed by atoms with Gasteiger partial charge in [0.25, 0.3) is 5.91 Å². The summed E-state index contributed by atoms with van der Waals surface area (Å²) in [4.78, 5) is 16.3. The molecule has 1 saturated carbocycles. The van der Waals surface area contributed by atoms with Crippen molar-refractivity contribution in [2.45, 2.75) is 45.1 Å². The first-order valence-corrected chi connectivity index (χ1v) is 7.55. The van der Waals surface area contributed by atoms with E-state index in [1.165, 1.54) is 12.8 Å². The molecule has 0 radical (unpaired) electrons. The molecule has 1 heterocycles. The van der Waals surface area contributed by atoms with Gasteiger partial charge < -0.3 is 10.4 Å². The Bertz CT molecular complexity index is 528. The number of nitrogens with one attached hydrogen (secondary N) is 1. The fraction of sp³-hybridized carbons (Fsp3) is 0.529. The van der Waals surface area contributed by atoms with Crippen molar-refractivity contribution >= 4 is 5.91 Å². The van der Waals surface area contributed by atoms with Crippen molar-refractivity contribution in [3.8, 4) is 11.8 Å². The largest absolute Gasteiger partial charge is 0.395 e. The lowest BCUT2D eigenvalue weighted by Crippen LogP contribution is -2.38. The van der Waals surface area contributed by atoms with Crippen LogP contribution in [0.1, 0.15) is 55.1 Å². The molecule has 112 valence electrons. The van der Waals surface area contributed by atoms with Crippen molar-refractivity contribution in [1.82, 2.24) is 10.3 Å². The highest BCUT2D eigenvalue weighted by molar-refractivity contribution is 5.92. The number of aliphatic hydroxyl groups excluding tert-OH is 1. The second-order valence-corrected chi connectivity index (χ2v) is 5.65. The van der Waals surface area contributed by atoms with E-state index in [1.54, 1.807) is 18.3 Å². The average molecular weight is 286 g/mol. The Balaban J connectivity index is 1.92. The van der Waals surface area contributed by atoms with Gasteiger partial charge in [0.05, 0.1) is 6.61 Å². The molecular weight excluding hydrogens is 264 g/mol. The van der Waals surface area contributed by atoms with Gasteiger partial charge in [0.1, 0.15) is 5.69 Å². The van der Waals surface area contributed by atoms with E-state index in [0.717, 1.165) is 18.4 Å². The number of aliphatic hydroxyl groups is 1. The Morgan fingerprint density at radius 3 is 3.00 bits per heavy atom. The number of nitrogens with zero attached hydrogens (tertiary/aromatic N) is 1. The smallest absolute Gasteiger partial charge is 0.270 e. The van der Waals surface area contributed by atoms with Crippen LogP contribution in [0.15, 0.2) is 18.3 Å². The molecule has 0 aliphatic heterocycles. The standard InChI is InChI=1S/C17H22N2O2/c1-13-5-4-7-15(11-13)19-17(21)16-9-8-14(12-18-16)6-2-3-10-20/h8-9,12-13,15,20H,3-5,7,10-11H2,1H3,(H,19,21). The van der Waals surface area contributed by atoms with Crippen LogP contribution in [0.4, 0.5) is 0 Å². The van der Waals surface area contributed by atoms with Gasteiger partial charge in [-0.2, -0.15) is 0 Å². The lowest BCUT2D eigenvalue weighted by Gasteiger charge is -2.27. The van der Waals surface area contributed by atoms with Crippen molar-refractivity contribution in [1.29, 1.82) is 0 Å². The molecule has 2 atom stereocenters. The van der Waals surface area contributed by atoms with Gasteiger partial charge in [-0.15, -0.1) is 0 Å². The third kappa shape index (κ3) is 4.87. The average Bonchev–Trinajstić information content (AvgIpc) is 2.48. The summed E-state index contributed by atoms with van der Waals surface area (Å²) in [7, 11) is 0. The third-order valence-corrected chi connectivity index (χ3v) is 3.74. The molecule has 4 nitrogen and oxygen atoms in total. The van der Waals surface area contributed by atoms with Gasteiger partial charge in [-0.1, -0.05) is 31.6 Å². The lowest BCUT2D eigenvalue weighted by molar-refractivity contribution is 0.0916. The van der Waals surface area contributed by atoms with Crippen LogP contribution in [-0.4, -0.2) is 28.6 Å². The van der Waals surface area contributed by atoms with Gasteiger partial charge in [0.15, 0.2) is 0 Å². The van der Waals surface area contributed by atoms with Crippen LogP contribution in [0, 0.1) is 17.8 Å². The molecule has 4 heteroatoms. The molecule has 1 aromatic rings. The molecule has 0 saturated heterocycles. The van der Waals surface area contributed by atoms with Crippen molar-refractivity contribution in [2.24, 2.45) is 5.92 Å². The highest BCUT2D eigenvalue weighted by atomic mass is 16.2. The molecule has 1 aromatic heterocycles. The van der Waals surface area contributed by atoms with Gasteiger partial charge in [-0.25, -0.2) is 4.98 Å². The molecule has 1 aliphatic carbocycles. The minimum absolute atomic E-state index is 0.0563. The highest BCUT2D eigenvalue weighted by Crippen LogP contribution is 2.23. The normalized spacial score (nSPS) is 21.2. The molecule has 1 amide bonds. The molecule has 1 aliphatic rings. The Kier molecular flexibility index (Phi) is 5.77. The maximum Gasteiger partial charge on any atom is 0.270 e.